The fourth-order valence-electron chi connectivity index (χ4n) is 3.59. The van der Waals surface area contributed by atoms with E-state index in [1.807, 2.05) is 6.07 Å². The van der Waals surface area contributed by atoms with E-state index in [0.29, 0.717) is 0 Å². The van der Waals surface area contributed by atoms with Crippen LogP contribution in [0.1, 0.15) is 10.6 Å². The maximum absolute atomic E-state index is 6.10. The van der Waals surface area contributed by atoms with Crippen LogP contribution >= 0.6 is 11.3 Å². The van der Waals surface area contributed by atoms with E-state index in [0.717, 1.165) is 17.3 Å². The van der Waals surface area contributed by atoms with E-state index in [-0.39, 0.29) is 0 Å². The van der Waals surface area contributed by atoms with Gasteiger partial charge in [0.05, 0.1) is 17.1 Å². The Balaban J connectivity index is 1.66. The molecule has 1 aliphatic heterocycles. The average molecular weight is 359 g/mol. The number of anilines is 1. The lowest BCUT2D eigenvalue weighted by Gasteiger charge is -2.10. The van der Waals surface area contributed by atoms with Crippen molar-refractivity contribution in [1.82, 2.24) is 0 Å². The first-order chi connectivity index (χ1) is 12.6. The highest BCUT2D eigenvalue weighted by Crippen LogP contribution is 2.39. The summed E-state index contributed by atoms with van der Waals surface area (Å²) in [6.45, 7) is 2.10. The van der Waals surface area contributed by atoms with Crippen molar-refractivity contribution in [2.24, 2.45) is 7.05 Å². The van der Waals surface area contributed by atoms with Crippen molar-refractivity contribution in [2.45, 2.75) is 6.92 Å². The predicted molar refractivity (Wildman–Crippen MR) is 109 cm³/mol. The Hall–Kier alpha value is -2.85. The Kier molecular flexibility index (Phi) is 3.31. The van der Waals surface area contributed by atoms with Crippen molar-refractivity contribution in [2.75, 3.05) is 11.9 Å². The van der Waals surface area contributed by atoms with Crippen molar-refractivity contribution in [3.8, 4) is 5.75 Å². The smallest absolute Gasteiger partial charge is 0.267 e. The Labute approximate surface area is 156 Å². The van der Waals surface area contributed by atoms with E-state index in [1.54, 1.807) is 11.3 Å². The molecule has 0 saturated heterocycles. The normalized spacial score (nSPS) is 15.0. The van der Waals surface area contributed by atoms with Crippen molar-refractivity contribution < 1.29 is 9.30 Å². The molecule has 0 N–H and O–H groups in total. The second-order valence-electron chi connectivity index (χ2n) is 6.75. The minimum absolute atomic E-state index is 0.858. The number of hydrogen-bond donors (Lipinski definition) is 0. The predicted octanol–water partition coefficient (Wildman–Crippen LogP) is 5.01. The zero-order valence-corrected chi connectivity index (χ0v) is 15.8. The van der Waals surface area contributed by atoms with Crippen LogP contribution in [0.3, 0.4) is 0 Å². The SMILES string of the molecule is Cc1ccc2c(c1)N(C)C(=Cc1sc3ccc4ccccc4c3[n+]1C)O2. The fraction of sp³-hybridized carbons (Fsp3) is 0.136. The van der Waals surface area contributed by atoms with Crippen LogP contribution in [0.25, 0.3) is 27.1 Å². The first kappa shape index (κ1) is 15.4. The summed E-state index contributed by atoms with van der Waals surface area (Å²) in [5.41, 5.74) is 3.62. The van der Waals surface area contributed by atoms with Gasteiger partial charge in [0.2, 0.25) is 11.4 Å². The van der Waals surface area contributed by atoms with Gasteiger partial charge in [-0.2, -0.15) is 4.57 Å². The van der Waals surface area contributed by atoms with Crippen LogP contribution < -0.4 is 14.2 Å². The van der Waals surface area contributed by atoms with Crippen LogP contribution in [0.15, 0.2) is 60.5 Å². The highest BCUT2D eigenvalue weighted by molar-refractivity contribution is 7.19. The number of benzene rings is 3. The highest BCUT2D eigenvalue weighted by Gasteiger charge is 2.26. The summed E-state index contributed by atoms with van der Waals surface area (Å²) in [6, 6.07) is 19.2. The van der Waals surface area contributed by atoms with Gasteiger partial charge in [0, 0.05) is 7.05 Å². The molecule has 0 aliphatic carbocycles. The fourth-order valence-corrected chi connectivity index (χ4v) is 4.68. The van der Waals surface area contributed by atoms with Gasteiger partial charge in [0.1, 0.15) is 11.7 Å². The monoisotopic (exact) mass is 359 g/mol. The minimum atomic E-state index is 0.858. The molecule has 3 nitrogen and oxygen atoms in total. The van der Waals surface area contributed by atoms with Crippen molar-refractivity contribution in [3.05, 3.63) is 71.1 Å². The Morgan fingerprint density at radius 1 is 1.08 bits per heavy atom. The largest absolute Gasteiger partial charge is 0.438 e. The molecular formula is C22H19N2OS+. The average Bonchev–Trinajstić information content (AvgIpc) is 3.13. The Morgan fingerprint density at radius 3 is 2.81 bits per heavy atom. The van der Waals surface area contributed by atoms with E-state index < -0.39 is 0 Å². The molecule has 2 heterocycles. The van der Waals surface area contributed by atoms with E-state index in [2.05, 4.69) is 85.1 Å². The van der Waals surface area contributed by atoms with Gasteiger partial charge in [-0.3, -0.25) is 0 Å². The Morgan fingerprint density at radius 2 is 1.92 bits per heavy atom. The van der Waals surface area contributed by atoms with Crippen molar-refractivity contribution in [1.29, 1.82) is 0 Å². The van der Waals surface area contributed by atoms with Crippen LogP contribution in [0.2, 0.25) is 0 Å². The van der Waals surface area contributed by atoms with Crippen LogP contribution in [-0.4, -0.2) is 7.05 Å². The number of aryl methyl sites for hydroxylation is 2. The van der Waals surface area contributed by atoms with Gasteiger partial charge < -0.3 is 9.64 Å². The molecule has 1 aromatic heterocycles. The zero-order valence-electron chi connectivity index (χ0n) is 15.0. The van der Waals surface area contributed by atoms with Gasteiger partial charge in [-0.05, 0) is 42.1 Å². The number of ether oxygens (including phenoxy) is 1. The lowest BCUT2D eigenvalue weighted by Crippen LogP contribution is -2.29. The molecule has 0 radical (unpaired) electrons. The Bertz CT molecular complexity index is 1210. The molecule has 26 heavy (non-hydrogen) atoms. The van der Waals surface area contributed by atoms with Gasteiger partial charge in [0.15, 0.2) is 5.75 Å². The molecule has 0 spiro atoms. The maximum Gasteiger partial charge on any atom is 0.267 e. The van der Waals surface area contributed by atoms with Crippen LogP contribution in [-0.2, 0) is 7.05 Å². The number of hydrogen-bond acceptors (Lipinski definition) is 3. The van der Waals surface area contributed by atoms with Crippen molar-refractivity contribution >= 4 is 44.1 Å². The van der Waals surface area contributed by atoms with Gasteiger partial charge in [0.25, 0.3) is 5.01 Å². The van der Waals surface area contributed by atoms with Crippen LogP contribution in [0, 0.1) is 6.92 Å². The molecule has 128 valence electrons. The highest BCUT2D eigenvalue weighted by atomic mass is 32.1. The van der Waals surface area contributed by atoms with Gasteiger partial charge >= 0.3 is 0 Å². The number of rotatable bonds is 1. The third-order valence-corrected chi connectivity index (χ3v) is 6.16. The second kappa shape index (κ2) is 5.58. The first-order valence-electron chi connectivity index (χ1n) is 8.66. The van der Waals surface area contributed by atoms with Gasteiger partial charge in [-0.15, -0.1) is 0 Å². The maximum atomic E-state index is 6.10. The molecule has 0 fully saturated rings. The van der Waals surface area contributed by atoms with Gasteiger partial charge in [-0.25, -0.2) is 0 Å². The molecule has 0 atom stereocenters. The summed E-state index contributed by atoms with van der Waals surface area (Å²) in [5.74, 6) is 1.77. The standard InChI is InChI=1S/C22H19N2OS/c1-14-8-10-18-17(12-14)23(2)20(25-18)13-21-24(3)22-16-7-5-4-6-15(16)9-11-19(22)26-21/h4-13H,1-3H3/q+1. The zero-order chi connectivity index (χ0) is 17.8. The summed E-state index contributed by atoms with van der Waals surface area (Å²) in [4.78, 5) is 2.12. The summed E-state index contributed by atoms with van der Waals surface area (Å²) in [6.07, 6.45) is 2.13. The third-order valence-electron chi connectivity index (χ3n) is 5.01. The molecule has 1 aliphatic rings. The van der Waals surface area contributed by atoms with E-state index in [1.165, 1.54) is 31.6 Å². The lowest BCUT2D eigenvalue weighted by atomic mass is 10.1. The molecule has 0 unspecified atom stereocenters. The minimum Gasteiger partial charge on any atom is -0.438 e. The summed E-state index contributed by atoms with van der Waals surface area (Å²) in [5, 5.41) is 3.72. The van der Waals surface area contributed by atoms with E-state index in [4.69, 9.17) is 4.74 Å². The van der Waals surface area contributed by atoms with Crippen molar-refractivity contribution in [3.63, 3.8) is 0 Å². The molecule has 3 aromatic carbocycles. The van der Waals surface area contributed by atoms with Gasteiger partial charge in [-0.1, -0.05) is 41.7 Å². The summed E-state index contributed by atoms with van der Waals surface area (Å²) < 4.78 is 9.65. The summed E-state index contributed by atoms with van der Waals surface area (Å²) in [7, 11) is 4.18. The van der Waals surface area contributed by atoms with Crippen LogP contribution in [0.5, 0.6) is 5.75 Å². The van der Waals surface area contributed by atoms with E-state index >= 15 is 0 Å². The molecule has 0 saturated carbocycles. The topological polar surface area (TPSA) is 16.4 Å². The number of nitrogens with zero attached hydrogens (tertiary/aromatic N) is 2. The molecule has 0 amide bonds. The molecule has 0 bridgehead atoms. The number of fused-ring (bicyclic) bond motifs is 4. The third kappa shape index (κ3) is 2.22. The molecule has 5 rings (SSSR count). The second-order valence-corrected chi connectivity index (χ2v) is 7.81. The molecule has 4 aromatic rings. The molecular weight excluding hydrogens is 340 g/mol. The first-order valence-corrected chi connectivity index (χ1v) is 9.48. The molecule has 4 heteroatoms. The number of aromatic nitrogens is 1. The number of thiazole rings is 1. The van der Waals surface area contributed by atoms with E-state index in [9.17, 15) is 0 Å². The lowest BCUT2D eigenvalue weighted by molar-refractivity contribution is -0.641. The quantitative estimate of drug-likeness (QED) is 0.444. The summed E-state index contributed by atoms with van der Waals surface area (Å²) >= 11 is 1.79. The van der Waals surface area contributed by atoms with Crippen LogP contribution in [0.4, 0.5) is 5.69 Å².